The lowest BCUT2D eigenvalue weighted by Gasteiger charge is -2.25. The second-order valence-corrected chi connectivity index (χ2v) is 8.56. The molecule has 3 aromatic rings. The average molecular weight is 394 g/mol. The summed E-state index contributed by atoms with van der Waals surface area (Å²) >= 11 is 0. The smallest absolute Gasteiger partial charge is 0.241 e. The van der Waals surface area contributed by atoms with E-state index >= 15 is 0 Å². The van der Waals surface area contributed by atoms with Crippen LogP contribution in [0.4, 0.5) is 0 Å². The molecule has 0 aromatic heterocycles. The molecule has 0 aliphatic carbocycles. The summed E-state index contributed by atoms with van der Waals surface area (Å²) in [7, 11) is -3.79. The van der Waals surface area contributed by atoms with Gasteiger partial charge in [-0.05, 0) is 24.6 Å². The van der Waals surface area contributed by atoms with Crippen LogP contribution in [0.3, 0.4) is 0 Å². The van der Waals surface area contributed by atoms with E-state index in [4.69, 9.17) is 0 Å². The second kappa shape index (κ2) is 8.50. The number of aryl methyl sites for hydroxylation is 1. The zero-order chi connectivity index (χ0) is 20.1. The van der Waals surface area contributed by atoms with Crippen LogP contribution in [-0.4, -0.2) is 14.2 Å². The third-order valence-corrected chi connectivity index (χ3v) is 6.20. The molecule has 0 unspecified atom stereocenters. The van der Waals surface area contributed by atoms with Crippen molar-refractivity contribution in [2.75, 3.05) is 0 Å². The zero-order valence-corrected chi connectivity index (χ0v) is 16.7. The molecule has 28 heavy (non-hydrogen) atoms. The number of rotatable bonds is 7. The van der Waals surface area contributed by atoms with E-state index in [1.807, 2.05) is 43.3 Å². The van der Waals surface area contributed by atoms with Crippen molar-refractivity contribution < 1.29 is 13.2 Å². The Morgan fingerprint density at radius 3 is 1.93 bits per heavy atom. The summed E-state index contributed by atoms with van der Waals surface area (Å²) in [5.41, 5.74) is 2.28. The predicted molar refractivity (Wildman–Crippen MR) is 111 cm³/mol. The number of sulfonamides is 1. The lowest BCUT2D eigenvalue weighted by Crippen LogP contribution is -2.35. The van der Waals surface area contributed by atoms with Gasteiger partial charge in [0.2, 0.25) is 10.0 Å². The number of hydrogen-bond donors (Lipinski definition) is 1. The van der Waals surface area contributed by atoms with Crippen LogP contribution in [-0.2, 0) is 10.0 Å². The molecule has 3 aromatic carbocycles. The minimum atomic E-state index is -3.79. The molecule has 0 amide bonds. The quantitative estimate of drug-likeness (QED) is 0.600. The van der Waals surface area contributed by atoms with Crippen molar-refractivity contribution in [1.82, 2.24) is 4.72 Å². The monoisotopic (exact) mass is 393 g/mol. The number of hydrogen-bond acceptors (Lipinski definition) is 3. The Bertz CT molecular complexity index is 1030. The summed E-state index contributed by atoms with van der Waals surface area (Å²) in [6.45, 7) is 3.65. The number of carbonyl (C=O) groups excluding carboxylic acids is 1. The Morgan fingerprint density at radius 2 is 1.36 bits per heavy atom. The van der Waals surface area contributed by atoms with Gasteiger partial charge in [-0.1, -0.05) is 85.3 Å². The highest BCUT2D eigenvalue weighted by atomic mass is 32.2. The Hall–Kier alpha value is -2.76. The molecule has 0 saturated heterocycles. The molecule has 0 fully saturated rings. The first-order chi connectivity index (χ1) is 13.4. The van der Waals surface area contributed by atoms with Gasteiger partial charge in [0, 0.05) is 11.5 Å². The number of carbonyl (C=O) groups is 1. The topological polar surface area (TPSA) is 63.2 Å². The SMILES string of the molecule is Cc1ccc(S(=O)(=O)N[C@H](c2ccccc2)[C@@H](C)C(=O)c2ccccc2)cc1. The summed E-state index contributed by atoms with van der Waals surface area (Å²) in [6, 6.07) is 24.1. The maximum Gasteiger partial charge on any atom is 0.241 e. The van der Waals surface area contributed by atoms with Gasteiger partial charge in [0.15, 0.2) is 5.78 Å². The molecule has 0 aliphatic rings. The molecule has 0 heterocycles. The van der Waals surface area contributed by atoms with E-state index in [0.717, 1.165) is 11.1 Å². The van der Waals surface area contributed by atoms with E-state index in [1.165, 1.54) is 0 Å². The largest absolute Gasteiger partial charge is 0.294 e. The predicted octanol–water partition coefficient (Wildman–Crippen LogP) is 4.53. The van der Waals surface area contributed by atoms with Crippen LogP contribution in [0.25, 0.3) is 0 Å². The van der Waals surface area contributed by atoms with Crippen molar-refractivity contribution in [2.45, 2.75) is 24.8 Å². The summed E-state index contributed by atoms with van der Waals surface area (Å²) in [5, 5.41) is 0. The maximum absolute atomic E-state index is 13.0. The molecule has 0 spiro atoms. The van der Waals surface area contributed by atoms with Crippen LogP contribution >= 0.6 is 0 Å². The van der Waals surface area contributed by atoms with E-state index in [-0.39, 0.29) is 10.7 Å². The fraction of sp³-hybridized carbons (Fsp3) is 0.174. The Labute approximate surface area is 166 Å². The van der Waals surface area contributed by atoms with Crippen molar-refractivity contribution in [2.24, 2.45) is 5.92 Å². The van der Waals surface area contributed by atoms with Gasteiger partial charge in [0.05, 0.1) is 10.9 Å². The summed E-state index contributed by atoms with van der Waals surface area (Å²) < 4.78 is 28.7. The van der Waals surface area contributed by atoms with Crippen molar-refractivity contribution in [3.63, 3.8) is 0 Å². The van der Waals surface area contributed by atoms with Gasteiger partial charge >= 0.3 is 0 Å². The van der Waals surface area contributed by atoms with Gasteiger partial charge in [-0.15, -0.1) is 0 Å². The van der Waals surface area contributed by atoms with E-state index in [2.05, 4.69) is 4.72 Å². The molecule has 4 nitrogen and oxygen atoms in total. The molecule has 5 heteroatoms. The standard InChI is InChI=1S/C23H23NO3S/c1-17-13-15-21(16-14-17)28(26,27)24-22(19-9-5-3-6-10-19)18(2)23(25)20-11-7-4-8-12-20/h3-16,18,22,24H,1-2H3/t18-,22+/m1/s1. The first-order valence-electron chi connectivity index (χ1n) is 9.12. The summed E-state index contributed by atoms with van der Waals surface area (Å²) in [5.74, 6) is -0.689. The van der Waals surface area contributed by atoms with E-state index in [1.54, 1.807) is 55.5 Å². The van der Waals surface area contributed by atoms with Crippen molar-refractivity contribution >= 4 is 15.8 Å². The molecular formula is C23H23NO3S. The third kappa shape index (κ3) is 4.55. The fourth-order valence-electron chi connectivity index (χ4n) is 3.09. The minimum Gasteiger partial charge on any atom is -0.294 e. The number of benzene rings is 3. The van der Waals surface area contributed by atoms with Gasteiger partial charge in [0.1, 0.15) is 0 Å². The molecule has 2 atom stereocenters. The minimum absolute atomic E-state index is 0.110. The highest BCUT2D eigenvalue weighted by molar-refractivity contribution is 7.89. The molecule has 0 bridgehead atoms. The Balaban J connectivity index is 1.96. The van der Waals surface area contributed by atoms with Gasteiger partial charge in [-0.3, -0.25) is 4.79 Å². The van der Waals surface area contributed by atoms with Crippen molar-refractivity contribution in [3.8, 4) is 0 Å². The maximum atomic E-state index is 13.0. The third-order valence-electron chi connectivity index (χ3n) is 4.74. The molecule has 0 aliphatic heterocycles. The van der Waals surface area contributed by atoms with E-state index in [0.29, 0.717) is 5.56 Å². The normalized spacial score (nSPS) is 13.6. The first kappa shape index (κ1) is 20.0. The molecule has 144 valence electrons. The van der Waals surface area contributed by atoms with Crippen molar-refractivity contribution in [1.29, 1.82) is 0 Å². The molecule has 0 radical (unpaired) electrons. The number of ketones is 1. The molecule has 1 N–H and O–H groups in total. The lowest BCUT2D eigenvalue weighted by molar-refractivity contribution is 0.0908. The van der Waals surface area contributed by atoms with E-state index < -0.39 is 22.0 Å². The first-order valence-corrected chi connectivity index (χ1v) is 10.6. The van der Waals surface area contributed by atoms with Gasteiger partial charge in [-0.2, -0.15) is 0 Å². The lowest BCUT2D eigenvalue weighted by atomic mass is 9.89. The van der Waals surface area contributed by atoms with Crippen molar-refractivity contribution in [3.05, 3.63) is 102 Å². The molecule has 3 rings (SSSR count). The highest BCUT2D eigenvalue weighted by Gasteiger charge is 2.30. The summed E-state index contributed by atoms with van der Waals surface area (Å²) in [4.78, 5) is 13.2. The van der Waals surface area contributed by atoms with Crippen LogP contribution in [0.2, 0.25) is 0 Å². The highest BCUT2D eigenvalue weighted by Crippen LogP contribution is 2.27. The second-order valence-electron chi connectivity index (χ2n) is 6.84. The number of nitrogens with one attached hydrogen (secondary N) is 1. The Morgan fingerprint density at radius 1 is 0.821 bits per heavy atom. The van der Waals surface area contributed by atoms with Crippen LogP contribution < -0.4 is 4.72 Å². The van der Waals surface area contributed by atoms with Gasteiger partial charge in [0.25, 0.3) is 0 Å². The van der Waals surface area contributed by atoms with Crippen LogP contribution in [0, 0.1) is 12.8 Å². The number of Topliss-reactive ketones (excluding diaryl/α,β-unsaturated/α-hetero) is 1. The summed E-state index contributed by atoms with van der Waals surface area (Å²) in [6.07, 6.45) is 0. The van der Waals surface area contributed by atoms with Crippen LogP contribution in [0.15, 0.2) is 89.8 Å². The van der Waals surface area contributed by atoms with Crippen LogP contribution in [0.5, 0.6) is 0 Å². The zero-order valence-electron chi connectivity index (χ0n) is 15.9. The molecular weight excluding hydrogens is 370 g/mol. The average Bonchev–Trinajstić information content (AvgIpc) is 2.72. The molecule has 0 saturated carbocycles. The van der Waals surface area contributed by atoms with Crippen LogP contribution in [0.1, 0.15) is 34.5 Å². The Kier molecular flexibility index (Phi) is 6.07. The van der Waals surface area contributed by atoms with E-state index in [9.17, 15) is 13.2 Å². The fourth-order valence-corrected chi connectivity index (χ4v) is 4.39. The van der Waals surface area contributed by atoms with Gasteiger partial charge in [-0.25, -0.2) is 13.1 Å². The van der Waals surface area contributed by atoms with Gasteiger partial charge < -0.3 is 0 Å².